The van der Waals surface area contributed by atoms with Gasteiger partial charge in [-0.3, -0.25) is 0 Å². The molecule has 0 spiro atoms. The summed E-state index contributed by atoms with van der Waals surface area (Å²) in [4.78, 5) is 0. The summed E-state index contributed by atoms with van der Waals surface area (Å²) in [5.41, 5.74) is 2.01. The Morgan fingerprint density at radius 3 is 2.50 bits per heavy atom. The number of benzene rings is 1. The molecule has 14 heavy (non-hydrogen) atoms. The molecular weight excluding hydrogens is 253 g/mol. The molecule has 0 saturated heterocycles. The zero-order chi connectivity index (χ0) is 9.26. The first-order valence-corrected chi connectivity index (χ1v) is 4.04. The maximum atomic E-state index is 5.27. The van der Waals surface area contributed by atoms with Crippen molar-refractivity contribution in [2.75, 3.05) is 0 Å². The molecule has 0 saturated carbocycles. The summed E-state index contributed by atoms with van der Waals surface area (Å²) in [7, 11) is 0. The Bertz CT molecular complexity index is 408. The average molecular weight is 262 g/mol. The van der Waals surface area contributed by atoms with Crippen LogP contribution in [0.15, 0.2) is 22.6 Å². The zero-order valence-corrected chi connectivity index (χ0v) is 11.0. The average Bonchev–Trinajstić information content (AvgIpc) is 2.53. The van der Waals surface area contributed by atoms with Crippen molar-refractivity contribution >= 4 is 0 Å². The number of rotatable bonds is 1. The Kier molecular flexibility index (Phi) is 3.96. The third-order valence-corrected chi connectivity index (χ3v) is 1.74. The molecular formula is C10H9N2OY-. The molecule has 0 bridgehead atoms. The minimum absolute atomic E-state index is 0. The molecule has 0 amide bonds. The molecule has 1 aromatic carbocycles. The van der Waals surface area contributed by atoms with Crippen LogP contribution in [0.25, 0.3) is 11.5 Å². The molecule has 0 atom stereocenters. The summed E-state index contributed by atoms with van der Waals surface area (Å²) in [6.45, 7) is 3.76. The molecule has 0 N–H and O–H groups in total. The van der Waals surface area contributed by atoms with E-state index in [9.17, 15) is 0 Å². The van der Waals surface area contributed by atoms with Crippen molar-refractivity contribution in [2.45, 2.75) is 13.8 Å². The molecule has 2 aromatic rings. The van der Waals surface area contributed by atoms with Gasteiger partial charge in [-0.1, -0.05) is 12.5 Å². The van der Waals surface area contributed by atoms with Gasteiger partial charge >= 0.3 is 0 Å². The standard InChI is InChI=1S/C10H9N2O.Y/c1-7-3-5-9(6-4-7)10-12-11-8(2)13-10;/h3,5-6H,1-2H3;/q-1;. The summed E-state index contributed by atoms with van der Waals surface area (Å²) < 4.78 is 5.27. The quantitative estimate of drug-likeness (QED) is 0.739. The first-order valence-electron chi connectivity index (χ1n) is 4.04. The van der Waals surface area contributed by atoms with E-state index >= 15 is 0 Å². The first-order chi connectivity index (χ1) is 6.25. The Balaban J connectivity index is 0.000000980. The minimum Gasteiger partial charge on any atom is -0.433 e. The fourth-order valence-corrected chi connectivity index (χ4v) is 1.05. The van der Waals surface area contributed by atoms with Gasteiger partial charge in [-0.15, -0.1) is 10.2 Å². The van der Waals surface area contributed by atoms with Crippen LogP contribution in [0.1, 0.15) is 11.5 Å². The molecule has 1 heterocycles. The van der Waals surface area contributed by atoms with Gasteiger partial charge < -0.3 is 4.42 Å². The van der Waals surface area contributed by atoms with E-state index in [1.807, 2.05) is 25.1 Å². The maximum Gasteiger partial charge on any atom is 0.212 e. The second kappa shape index (κ2) is 4.80. The van der Waals surface area contributed by atoms with Gasteiger partial charge in [0.25, 0.3) is 0 Å². The fraction of sp³-hybridized carbons (Fsp3) is 0.200. The van der Waals surface area contributed by atoms with Gasteiger partial charge in [-0.25, -0.2) is 0 Å². The molecule has 0 aliphatic heterocycles. The molecule has 1 radical (unpaired) electrons. The summed E-state index contributed by atoms with van der Waals surface area (Å²) in [6.07, 6.45) is 0. The fourth-order valence-electron chi connectivity index (χ4n) is 1.05. The third-order valence-electron chi connectivity index (χ3n) is 1.74. The third kappa shape index (κ3) is 2.49. The van der Waals surface area contributed by atoms with Crippen LogP contribution in [0.4, 0.5) is 0 Å². The molecule has 1 aromatic heterocycles. The monoisotopic (exact) mass is 262 g/mol. The zero-order valence-electron chi connectivity index (χ0n) is 8.11. The summed E-state index contributed by atoms with van der Waals surface area (Å²) >= 11 is 0. The Morgan fingerprint density at radius 2 is 2.00 bits per heavy atom. The van der Waals surface area contributed by atoms with Crippen LogP contribution >= 0.6 is 0 Å². The second-order valence-electron chi connectivity index (χ2n) is 2.89. The van der Waals surface area contributed by atoms with Crippen LogP contribution in [-0.2, 0) is 32.7 Å². The van der Waals surface area contributed by atoms with Crippen LogP contribution in [0.2, 0.25) is 0 Å². The molecule has 2 rings (SSSR count). The molecule has 0 unspecified atom stereocenters. The van der Waals surface area contributed by atoms with Crippen molar-refractivity contribution in [2.24, 2.45) is 0 Å². The van der Waals surface area contributed by atoms with Gasteiger partial charge in [-0.2, -0.15) is 29.8 Å². The van der Waals surface area contributed by atoms with E-state index in [1.54, 1.807) is 6.92 Å². The Morgan fingerprint density at radius 1 is 1.21 bits per heavy atom. The molecule has 3 nitrogen and oxygen atoms in total. The number of aryl methyl sites for hydroxylation is 2. The van der Waals surface area contributed by atoms with E-state index in [2.05, 4.69) is 16.3 Å². The van der Waals surface area contributed by atoms with E-state index < -0.39 is 0 Å². The van der Waals surface area contributed by atoms with Crippen molar-refractivity contribution < 1.29 is 37.1 Å². The Hall–Kier alpha value is -0.536. The molecule has 0 fully saturated rings. The number of nitrogens with zero attached hydrogens (tertiary/aromatic N) is 2. The van der Waals surface area contributed by atoms with Crippen LogP contribution in [0.3, 0.4) is 0 Å². The first kappa shape index (κ1) is 11.5. The van der Waals surface area contributed by atoms with Crippen LogP contribution in [0.5, 0.6) is 0 Å². The van der Waals surface area contributed by atoms with Gasteiger partial charge in [-0.05, 0) is 0 Å². The summed E-state index contributed by atoms with van der Waals surface area (Å²) in [5.74, 6) is 1.13. The summed E-state index contributed by atoms with van der Waals surface area (Å²) in [6, 6.07) is 8.84. The van der Waals surface area contributed by atoms with E-state index in [1.165, 1.54) is 0 Å². The SMILES string of the molecule is Cc1[c-]cc(-c2nnc(C)o2)cc1.[Y]. The summed E-state index contributed by atoms with van der Waals surface area (Å²) in [5, 5.41) is 7.66. The van der Waals surface area contributed by atoms with Crippen molar-refractivity contribution in [1.29, 1.82) is 0 Å². The molecule has 4 heteroatoms. The number of aromatic nitrogens is 2. The van der Waals surface area contributed by atoms with E-state index in [4.69, 9.17) is 4.42 Å². The number of hydrogen-bond donors (Lipinski definition) is 0. The predicted molar refractivity (Wildman–Crippen MR) is 48.0 cm³/mol. The van der Waals surface area contributed by atoms with Crippen molar-refractivity contribution in [1.82, 2.24) is 10.2 Å². The number of hydrogen-bond acceptors (Lipinski definition) is 3. The van der Waals surface area contributed by atoms with Gasteiger partial charge in [0, 0.05) is 39.6 Å². The predicted octanol–water partition coefficient (Wildman–Crippen LogP) is 2.15. The van der Waals surface area contributed by atoms with Gasteiger partial charge in [0.1, 0.15) is 0 Å². The van der Waals surface area contributed by atoms with Crippen molar-refractivity contribution in [3.05, 3.63) is 35.7 Å². The van der Waals surface area contributed by atoms with E-state index in [-0.39, 0.29) is 32.7 Å². The van der Waals surface area contributed by atoms with E-state index in [0.29, 0.717) is 11.8 Å². The molecule has 0 aliphatic rings. The second-order valence-corrected chi connectivity index (χ2v) is 2.89. The minimum atomic E-state index is 0. The topological polar surface area (TPSA) is 38.9 Å². The molecule has 69 valence electrons. The largest absolute Gasteiger partial charge is 0.433 e. The molecule has 0 aliphatic carbocycles. The van der Waals surface area contributed by atoms with Gasteiger partial charge in [0.05, 0.1) is 0 Å². The smallest absolute Gasteiger partial charge is 0.212 e. The Labute approximate surface area is 108 Å². The van der Waals surface area contributed by atoms with Crippen molar-refractivity contribution in [3.63, 3.8) is 0 Å². The normalized spacial score (nSPS) is 9.57. The van der Waals surface area contributed by atoms with Crippen LogP contribution in [0, 0.1) is 19.9 Å². The van der Waals surface area contributed by atoms with Gasteiger partial charge in [0.2, 0.25) is 5.89 Å². The van der Waals surface area contributed by atoms with Crippen molar-refractivity contribution in [3.8, 4) is 11.5 Å². The van der Waals surface area contributed by atoms with Crippen LogP contribution in [-0.4, -0.2) is 10.2 Å². The maximum absolute atomic E-state index is 5.27. The van der Waals surface area contributed by atoms with Crippen LogP contribution < -0.4 is 0 Å². The van der Waals surface area contributed by atoms with E-state index in [0.717, 1.165) is 11.1 Å². The van der Waals surface area contributed by atoms with Gasteiger partial charge in [0.15, 0.2) is 5.89 Å².